The molecular formula is C20H16INO6S. The summed E-state index contributed by atoms with van der Waals surface area (Å²) in [5.74, 6) is -1.02. The molecule has 2 aromatic rings. The summed E-state index contributed by atoms with van der Waals surface area (Å²) in [5, 5.41) is 8.53. The van der Waals surface area contributed by atoms with Crippen LogP contribution in [0.4, 0.5) is 4.79 Å². The third-order valence-corrected chi connectivity index (χ3v) is 5.61. The minimum Gasteiger partial charge on any atom is -0.493 e. The first-order valence-corrected chi connectivity index (χ1v) is 10.3. The van der Waals surface area contributed by atoms with Crippen molar-refractivity contribution in [3.63, 3.8) is 0 Å². The van der Waals surface area contributed by atoms with Crippen molar-refractivity contribution < 1.29 is 29.0 Å². The fraction of sp³-hybridized carbons (Fsp3) is 0.150. The monoisotopic (exact) mass is 525 g/mol. The first-order chi connectivity index (χ1) is 13.9. The summed E-state index contributed by atoms with van der Waals surface area (Å²) < 4.78 is 11.6. The van der Waals surface area contributed by atoms with Crippen molar-refractivity contribution in [1.29, 1.82) is 0 Å². The minimum atomic E-state index is -1.14. The lowest BCUT2D eigenvalue weighted by Crippen LogP contribution is -2.27. The maximum absolute atomic E-state index is 12.8. The Balaban J connectivity index is 1.87. The minimum absolute atomic E-state index is 0.180. The molecule has 0 aliphatic carbocycles. The second-order valence-electron chi connectivity index (χ2n) is 5.96. The SMILES string of the molecule is COc1cccc(/C=C2/SC(=O)N(Cc3ccc(I)cc3)C2=O)c1OCC(=O)O. The van der Waals surface area contributed by atoms with Gasteiger partial charge < -0.3 is 14.6 Å². The number of rotatable bonds is 7. The highest BCUT2D eigenvalue weighted by atomic mass is 127. The number of carbonyl (C=O) groups is 3. The van der Waals surface area contributed by atoms with E-state index in [1.54, 1.807) is 18.2 Å². The predicted molar refractivity (Wildman–Crippen MR) is 117 cm³/mol. The van der Waals surface area contributed by atoms with Gasteiger partial charge >= 0.3 is 5.97 Å². The fourth-order valence-electron chi connectivity index (χ4n) is 2.65. The first kappa shape index (κ1) is 21.2. The molecule has 150 valence electrons. The van der Waals surface area contributed by atoms with Gasteiger partial charge in [-0.15, -0.1) is 0 Å². The molecule has 0 saturated carbocycles. The van der Waals surface area contributed by atoms with E-state index in [0.717, 1.165) is 20.9 Å². The zero-order valence-electron chi connectivity index (χ0n) is 15.3. The smallest absolute Gasteiger partial charge is 0.341 e. The summed E-state index contributed by atoms with van der Waals surface area (Å²) in [5.41, 5.74) is 1.30. The van der Waals surface area contributed by atoms with E-state index in [-0.39, 0.29) is 22.4 Å². The van der Waals surface area contributed by atoms with Crippen LogP contribution in [-0.2, 0) is 16.1 Å². The molecule has 0 bridgehead atoms. The lowest BCUT2D eigenvalue weighted by Gasteiger charge is -2.13. The molecule has 29 heavy (non-hydrogen) atoms. The molecule has 3 rings (SSSR count). The van der Waals surface area contributed by atoms with E-state index < -0.39 is 18.5 Å². The average molecular weight is 525 g/mol. The number of amides is 2. The molecule has 2 aromatic carbocycles. The zero-order valence-corrected chi connectivity index (χ0v) is 18.2. The molecule has 7 nitrogen and oxygen atoms in total. The molecule has 0 atom stereocenters. The number of hydrogen-bond donors (Lipinski definition) is 1. The normalized spacial score (nSPS) is 15.1. The van der Waals surface area contributed by atoms with E-state index >= 15 is 0 Å². The number of methoxy groups -OCH3 is 1. The van der Waals surface area contributed by atoms with Gasteiger partial charge in [-0.2, -0.15) is 0 Å². The number of thioether (sulfide) groups is 1. The zero-order chi connectivity index (χ0) is 21.0. The van der Waals surface area contributed by atoms with E-state index in [1.165, 1.54) is 18.1 Å². The highest BCUT2D eigenvalue weighted by Gasteiger charge is 2.35. The highest BCUT2D eigenvalue weighted by Crippen LogP contribution is 2.37. The Morgan fingerprint density at radius 1 is 1.21 bits per heavy atom. The third-order valence-electron chi connectivity index (χ3n) is 3.98. The van der Waals surface area contributed by atoms with Gasteiger partial charge in [-0.05, 0) is 64.2 Å². The van der Waals surface area contributed by atoms with Crippen molar-refractivity contribution in [3.8, 4) is 11.5 Å². The second-order valence-corrected chi connectivity index (χ2v) is 8.19. The predicted octanol–water partition coefficient (Wildman–Crippen LogP) is 4.00. The van der Waals surface area contributed by atoms with E-state index in [2.05, 4.69) is 22.6 Å². The molecule has 1 aliphatic rings. The Kier molecular flexibility index (Phi) is 6.80. The molecule has 1 aliphatic heterocycles. The van der Waals surface area contributed by atoms with Crippen LogP contribution < -0.4 is 9.47 Å². The molecule has 1 heterocycles. The molecule has 0 aromatic heterocycles. The van der Waals surface area contributed by atoms with Crippen molar-refractivity contribution in [2.45, 2.75) is 6.54 Å². The largest absolute Gasteiger partial charge is 0.493 e. The summed E-state index contributed by atoms with van der Waals surface area (Å²) in [7, 11) is 1.43. The van der Waals surface area contributed by atoms with Crippen molar-refractivity contribution in [3.05, 3.63) is 62.1 Å². The molecule has 1 N–H and O–H groups in total. The fourth-order valence-corrected chi connectivity index (χ4v) is 3.83. The van der Waals surface area contributed by atoms with E-state index in [9.17, 15) is 14.4 Å². The summed E-state index contributed by atoms with van der Waals surface area (Å²) in [6.07, 6.45) is 1.51. The number of hydrogen-bond acceptors (Lipinski definition) is 6. The molecule has 0 unspecified atom stereocenters. The van der Waals surface area contributed by atoms with Crippen molar-refractivity contribution in [2.24, 2.45) is 0 Å². The summed E-state index contributed by atoms with van der Waals surface area (Å²) >= 11 is 3.01. The third kappa shape index (κ3) is 5.10. The van der Waals surface area contributed by atoms with Crippen molar-refractivity contribution in [2.75, 3.05) is 13.7 Å². The van der Waals surface area contributed by atoms with Crippen LogP contribution in [0.5, 0.6) is 11.5 Å². The highest BCUT2D eigenvalue weighted by molar-refractivity contribution is 14.1. The van der Waals surface area contributed by atoms with Crippen molar-refractivity contribution >= 4 is 57.5 Å². The number of nitrogens with zero attached hydrogens (tertiary/aromatic N) is 1. The van der Waals surface area contributed by atoms with Crippen molar-refractivity contribution in [1.82, 2.24) is 4.90 Å². The van der Waals surface area contributed by atoms with E-state index in [1.807, 2.05) is 24.3 Å². The Bertz CT molecular complexity index is 989. The summed E-state index contributed by atoms with van der Waals surface area (Å²) in [6.45, 7) is -0.380. The topological polar surface area (TPSA) is 93.1 Å². The van der Waals surface area contributed by atoms with Gasteiger partial charge in [0.1, 0.15) is 0 Å². The number of carboxylic acid groups (broad SMARTS) is 1. The quantitative estimate of drug-likeness (QED) is 0.432. The summed E-state index contributed by atoms with van der Waals surface area (Å²) in [4.78, 5) is 37.4. The lowest BCUT2D eigenvalue weighted by atomic mass is 10.1. The molecule has 0 radical (unpaired) electrons. The number of carboxylic acids is 1. The van der Waals surface area contributed by atoms with Gasteiger partial charge in [-0.3, -0.25) is 14.5 Å². The number of benzene rings is 2. The van der Waals surface area contributed by atoms with Gasteiger partial charge in [-0.1, -0.05) is 24.3 Å². The van der Waals surface area contributed by atoms with Gasteiger partial charge in [0.25, 0.3) is 11.1 Å². The summed E-state index contributed by atoms with van der Waals surface area (Å²) in [6, 6.07) is 12.5. The van der Waals surface area contributed by atoms with Gasteiger partial charge in [0.05, 0.1) is 18.6 Å². The Morgan fingerprint density at radius 2 is 1.93 bits per heavy atom. The van der Waals surface area contributed by atoms with Crippen LogP contribution in [0.2, 0.25) is 0 Å². The maximum Gasteiger partial charge on any atom is 0.341 e. The number of carbonyl (C=O) groups excluding carboxylic acids is 2. The van der Waals surface area contributed by atoms with Gasteiger partial charge in [0.15, 0.2) is 18.1 Å². The number of halogens is 1. The first-order valence-electron chi connectivity index (χ1n) is 8.40. The molecule has 1 saturated heterocycles. The molecule has 9 heteroatoms. The Morgan fingerprint density at radius 3 is 2.59 bits per heavy atom. The van der Waals surface area contributed by atoms with Crippen LogP contribution in [0, 0.1) is 3.57 Å². The Labute approximate surface area is 184 Å². The lowest BCUT2D eigenvalue weighted by molar-refractivity contribution is -0.139. The molecule has 2 amide bonds. The number of para-hydroxylation sites is 1. The number of ether oxygens (including phenoxy) is 2. The average Bonchev–Trinajstić information content (AvgIpc) is 2.95. The van der Waals surface area contributed by atoms with Crippen LogP contribution in [0.1, 0.15) is 11.1 Å². The number of aliphatic carboxylic acids is 1. The molecule has 1 fully saturated rings. The van der Waals surface area contributed by atoms with Crippen LogP contribution in [0.3, 0.4) is 0 Å². The van der Waals surface area contributed by atoms with Crippen LogP contribution >= 0.6 is 34.4 Å². The molecule has 0 spiro atoms. The number of imide groups is 1. The van der Waals surface area contributed by atoms with Gasteiger partial charge in [0, 0.05) is 9.13 Å². The van der Waals surface area contributed by atoms with Crippen LogP contribution in [0.15, 0.2) is 47.4 Å². The Hall–Kier alpha value is -2.53. The van der Waals surface area contributed by atoms with E-state index in [4.69, 9.17) is 14.6 Å². The second kappa shape index (κ2) is 9.31. The molecular weight excluding hydrogens is 509 g/mol. The van der Waals surface area contributed by atoms with Gasteiger partial charge in [0.2, 0.25) is 0 Å². The maximum atomic E-state index is 12.8. The van der Waals surface area contributed by atoms with E-state index in [0.29, 0.717) is 11.3 Å². The van der Waals surface area contributed by atoms with Gasteiger partial charge in [-0.25, -0.2) is 4.79 Å². The van der Waals surface area contributed by atoms with Crippen LogP contribution in [-0.4, -0.2) is 40.8 Å². The standard InChI is InChI=1S/C20H16INO6S/c1-27-15-4-2-3-13(18(15)28-11-17(23)24)9-16-19(25)22(20(26)29-16)10-12-5-7-14(21)8-6-12/h2-9H,10-11H2,1H3,(H,23,24)/b16-9+. The van der Waals surface area contributed by atoms with Crippen LogP contribution in [0.25, 0.3) is 6.08 Å².